The number of benzene rings is 2. The summed E-state index contributed by atoms with van der Waals surface area (Å²) in [4.78, 5) is 30.9. The molecule has 4 aromatic rings. The van der Waals surface area contributed by atoms with Gasteiger partial charge in [0.25, 0.3) is 0 Å². The molecule has 0 spiro atoms. The average Bonchev–Trinajstić information content (AvgIpc) is 3.44. The summed E-state index contributed by atoms with van der Waals surface area (Å²) >= 11 is 0. The standard InChI is InChI=1S/C23H22N4O4/c1-13(2)27-18-9-6-15(10-19(18)30-23(27)29)21-24-22(31-25-21)16-11-20(28)26(12-16)17-7-4-14(3)5-8-17/h4-10,13,16H,11-12H2,1-3H3. The average molecular weight is 418 g/mol. The normalized spacial score (nSPS) is 16.7. The quantitative estimate of drug-likeness (QED) is 0.496. The summed E-state index contributed by atoms with van der Waals surface area (Å²) in [5.74, 6) is 0.305. The van der Waals surface area contributed by atoms with Crippen LogP contribution in [0.15, 0.2) is 56.2 Å². The number of fused-ring (bicyclic) bond motifs is 1. The summed E-state index contributed by atoms with van der Waals surface area (Å²) in [6.45, 7) is 6.37. The van der Waals surface area contributed by atoms with Crippen LogP contribution in [0.1, 0.15) is 43.7 Å². The van der Waals surface area contributed by atoms with E-state index in [0.29, 0.717) is 35.8 Å². The number of oxazole rings is 1. The molecule has 2 aromatic heterocycles. The predicted octanol–water partition coefficient (Wildman–Crippen LogP) is 4.05. The van der Waals surface area contributed by atoms with Gasteiger partial charge in [-0.05, 0) is 51.1 Å². The van der Waals surface area contributed by atoms with Crippen LogP contribution in [0, 0.1) is 6.92 Å². The van der Waals surface area contributed by atoms with Crippen molar-refractivity contribution in [2.75, 3.05) is 11.4 Å². The molecule has 1 amide bonds. The van der Waals surface area contributed by atoms with E-state index in [2.05, 4.69) is 10.1 Å². The molecule has 0 bridgehead atoms. The van der Waals surface area contributed by atoms with Crippen LogP contribution in [0.2, 0.25) is 0 Å². The molecular weight excluding hydrogens is 396 g/mol. The van der Waals surface area contributed by atoms with Crippen molar-refractivity contribution >= 4 is 22.7 Å². The first kappa shape index (κ1) is 19.3. The molecule has 1 unspecified atom stereocenters. The monoisotopic (exact) mass is 418 g/mol. The zero-order valence-electron chi connectivity index (χ0n) is 17.5. The van der Waals surface area contributed by atoms with Gasteiger partial charge >= 0.3 is 5.76 Å². The van der Waals surface area contributed by atoms with Crippen molar-refractivity contribution in [3.63, 3.8) is 0 Å². The maximum absolute atomic E-state index is 12.5. The van der Waals surface area contributed by atoms with Gasteiger partial charge < -0.3 is 13.8 Å². The third-order valence-electron chi connectivity index (χ3n) is 5.65. The van der Waals surface area contributed by atoms with E-state index >= 15 is 0 Å². The Bertz CT molecular complexity index is 1330. The van der Waals surface area contributed by atoms with E-state index in [-0.39, 0.29) is 17.9 Å². The molecule has 0 aliphatic carbocycles. The van der Waals surface area contributed by atoms with Crippen LogP contribution >= 0.6 is 0 Å². The minimum absolute atomic E-state index is 0.00671. The minimum Gasteiger partial charge on any atom is -0.408 e. The summed E-state index contributed by atoms with van der Waals surface area (Å²) in [6, 6.07) is 13.3. The second kappa shape index (κ2) is 7.23. The second-order valence-electron chi connectivity index (χ2n) is 8.21. The van der Waals surface area contributed by atoms with Crippen LogP contribution < -0.4 is 10.7 Å². The van der Waals surface area contributed by atoms with Crippen molar-refractivity contribution in [3.8, 4) is 11.4 Å². The Morgan fingerprint density at radius 2 is 1.87 bits per heavy atom. The first-order chi connectivity index (χ1) is 14.9. The summed E-state index contributed by atoms with van der Waals surface area (Å²) in [5, 5.41) is 4.09. The topological polar surface area (TPSA) is 94.4 Å². The predicted molar refractivity (Wildman–Crippen MR) is 115 cm³/mol. The van der Waals surface area contributed by atoms with Crippen LogP contribution in [0.25, 0.3) is 22.5 Å². The van der Waals surface area contributed by atoms with Gasteiger partial charge in [0.2, 0.25) is 17.6 Å². The van der Waals surface area contributed by atoms with Gasteiger partial charge in [-0.3, -0.25) is 9.36 Å². The molecule has 8 heteroatoms. The number of carbonyl (C=O) groups excluding carboxylic acids is 1. The first-order valence-corrected chi connectivity index (χ1v) is 10.3. The number of aromatic nitrogens is 3. The van der Waals surface area contributed by atoms with Gasteiger partial charge in [0.1, 0.15) is 0 Å². The number of rotatable bonds is 4. The minimum atomic E-state index is -0.392. The lowest BCUT2D eigenvalue weighted by Crippen LogP contribution is -2.24. The van der Waals surface area contributed by atoms with Crippen molar-refractivity contribution in [3.05, 3.63) is 64.5 Å². The summed E-state index contributed by atoms with van der Waals surface area (Å²) in [6.07, 6.45) is 0.320. The van der Waals surface area contributed by atoms with Crippen molar-refractivity contribution in [1.29, 1.82) is 0 Å². The van der Waals surface area contributed by atoms with Gasteiger partial charge in [-0.25, -0.2) is 4.79 Å². The van der Waals surface area contributed by atoms with E-state index in [9.17, 15) is 9.59 Å². The van der Waals surface area contributed by atoms with Crippen LogP contribution in [0.5, 0.6) is 0 Å². The lowest BCUT2D eigenvalue weighted by molar-refractivity contribution is -0.117. The van der Waals surface area contributed by atoms with E-state index in [1.165, 1.54) is 0 Å². The van der Waals surface area contributed by atoms with E-state index in [1.807, 2.05) is 57.2 Å². The molecule has 158 valence electrons. The number of hydrogen-bond donors (Lipinski definition) is 0. The molecule has 2 aromatic carbocycles. The fourth-order valence-corrected chi connectivity index (χ4v) is 4.03. The molecule has 3 heterocycles. The first-order valence-electron chi connectivity index (χ1n) is 10.3. The molecule has 31 heavy (non-hydrogen) atoms. The highest BCUT2D eigenvalue weighted by Gasteiger charge is 2.35. The molecule has 1 fully saturated rings. The van der Waals surface area contributed by atoms with Crippen molar-refractivity contribution in [2.24, 2.45) is 0 Å². The molecule has 1 atom stereocenters. The Morgan fingerprint density at radius 3 is 2.61 bits per heavy atom. The van der Waals surface area contributed by atoms with Crippen LogP contribution in [-0.2, 0) is 4.79 Å². The maximum atomic E-state index is 12.5. The number of aryl methyl sites for hydroxylation is 1. The Morgan fingerprint density at radius 1 is 1.10 bits per heavy atom. The number of anilines is 1. The molecule has 0 radical (unpaired) electrons. The molecule has 0 N–H and O–H groups in total. The van der Waals surface area contributed by atoms with Gasteiger partial charge in [-0.15, -0.1) is 0 Å². The van der Waals surface area contributed by atoms with Gasteiger partial charge in [-0.2, -0.15) is 4.98 Å². The number of amides is 1. The highest BCUT2D eigenvalue weighted by molar-refractivity contribution is 5.96. The van der Waals surface area contributed by atoms with Crippen molar-refractivity contribution < 1.29 is 13.7 Å². The van der Waals surface area contributed by atoms with Gasteiger partial charge in [0.05, 0.1) is 11.4 Å². The Balaban J connectivity index is 1.41. The van der Waals surface area contributed by atoms with Gasteiger partial charge in [0, 0.05) is 30.3 Å². The van der Waals surface area contributed by atoms with Crippen molar-refractivity contribution in [1.82, 2.24) is 14.7 Å². The zero-order chi connectivity index (χ0) is 21.7. The molecule has 1 aliphatic heterocycles. The smallest absolute Gasteiger partial charge is 0.408 e. The fraction of sp³-hybridized carbons (Fsp3) is 0.304. The highest BCUT2D eigenvalue weighted by Crippen LogP contribution is 2.32. The second-order valence-corrected chi connectivity index (χ2v) is 8.21. The van der Waals surface area contributed by atoms with E-state index in [4.69, 9.17) is 8.94 Å². The zero-order valence-corrected chi connectivity index (χ0v) is 17.5. The molecule has 1 aliphatic rings. The number of carbonyl (C=O) groups is 1. The molecule has 5 rings (SSSR count). The molecule has 0 saturated carbocycles. The highest BCUT2D eigenvalue weighted by atomic mass is 16.5. The van der Waals surface area contributed by atoms with E-state index < -0.39 is 5.76 Å². The summed E-state index contributed by atoms with van der Waals surface area (Å²) in [5.41, 5.74) is 3.90. The third-order valence-corrected chi connectivity index (χ3v) is 5.65. The number of hydrogen-bond acceptors (Lipinski definition) is 6. The Kier molecular flexibility index (Phi) is 4.50. The lowest BCUT2D eigenvalue weighted by atomic mass is 10.1. The third kappa shape index (κ3) is 3.34. The molecular formula is C23H22N4O4. The van der Waals surface area contributed by atoms with Gasteiger partial charge in [0.15, 0.2) is 5.58 Å². The van der Waals surface area contributed by atoms with Crippen LogP contribution in [0.4, 0.5) is 5.69 Å². The largest absolute Gasteiger partial charge is 0.420 e. The molecule has 8 nitrogen and oxygen atoms in total. The van der Waals surface area contributed by atoms with Crippen molar-refractivity contribution in [2.45, 2.75) is 39.2 Å². The summed E-state index contributed by atoms with van der Waals surface area (Å²) in [7, 11) is 0. The lowest BCUT2D eigenvalue weighted by Gasteiger charge is -2.16. The van der Waals surface area contributed by atoms with E-state index in [0.717, 1.165) is 16.8 Å². The van der Waals surface area contributed by atoms with Gasteiger partial charge in [-0.1, -0.05) is 22.9 Å². The fourth-order valence-electron chi connectivity index (χ4n) is 4.03. The Labute approximate surface area is 178 Å². The summed E-state index contributed by atoms with van der Waals surface area (Å²) < 4.78 is 12.5. The number of nitrogens with zero attached hydrogens (tertiary/aromatic N) is 4. The SMILES string of the molecule is Cc1ccc(N2CC(c3nc(-c4ccc5c(c4)oc(=O)n5C(C)C)no3)CC2=O)cc1. The van der Waals surface area contributed by atoms with E-state index in [1.54, 1.807) is 15.5 Å². The maximum Gasteiger partial charge on any atom is 0.420 e. The van der Waals surface area contributed by atoms with Crippen LogP contribution in [0.3, 0.4) is 0 Å². The Hall–Kier alpha value is -3.68. The molecule has 1 saturated heterocycles. The van der Waals surface area contributed by atoms with Crippen LogP contribution in [-0.4, -0.2) is 27.2 Å².